The fraction of sp³-hybridized carbons (Fsp3) is 0.429. The molecular weight excluding hydrogens is 321 g/mol. The van der Waals surface area contributed by atoms with Crippen molar-refractivity contribution in [3.63, 3.8) is 0 Å². The first-order valence-electron chi connectivity index (χ1n) is 5.74. The Balaban J connectivity index is -0.000000295. The molecule has 112 valence electrons. The van der Waals surface area contributed by atoms with Crippen LogP contribution in [0.2, 0.25) is 0 Å². The molecule has 0 saturated heterocycles. The zero-order chi connectivity index (χ0) is 16.6. The molecule has 0 heterocycles. The van der Waals surface area contributed by atoms with Gasteiger partial charge in [-0.1, -0.05) is 37.1 Å². The van der Waals surface area contributed by atoms with Crippen molar-refractivity contribution < 1.29 is 19.8 Å². The topological polar surface area (TPSA) is 80.3 Å². The maximum absolute atomic E-state index is 10.9. The predicted molar refractivity (Wildman–Crippen MR) is 88.9 cm³/mol. The summed E-state index contributed by atoms with van der Waals surface area (Å²) in [6, 6.07) is 0. The van der Waals surface area contributed by atoms with Gasteiger partial charge >= 0.3 is 23.1 Å². The number of carbonyl (C=O) groups is 2. The third kappa shape index (κ3) is 10.7. The van der Waals surface area contributed by atoms with Crippen LogP contribution in [0, 0.1) is 11.8 Å². The second-order valence-electron chi connectivity index (χ2n) is 4.37. The fourth-order valence-corrected chi connectivity index (χ4v) is 1.17. The third-order valence-corrected chi connectivity index (χ3v) is 3.04. The summed E-state index contributed by atoms with van der Waals surface area (Å²) in [7, 11) is 0. The largest absolute Gasteiger partial charge is 2.00 e. The van der Waals surface area contributed by atoms with Crippen LogP contribution in [0.25, 0.3) is 0 Å². The van der Waals surface area contributed by atoms with Crippen LogP contribution in [0.15, 0.2) is 24.3 Å². The summed E-state index contributed by atoms with van der Waals surface area (Å²) < 4.78 is 0. The standard InChI is InChI=1S/2C7H10O2S.Mg/c2*1-4(2)6(8)5(3)7(9)10;/h2*5H,1H2,2-3H3,(H,9,10);/q;;+2/p-2. The first kappa shape index (κ1) is 25.3. The molecule has 4 nitrogen and oxygen atoms in total. The van der Waals surface area contributed by atoms with Crippen LogP contribution in [0.1, 0.15) is 27.7 Å². The maximum atomic E-state index is 10.9. The summed E-state index contributed by atoms with van der Waals surface area (Å²) in [5.74, 6) is -1.93. The first-order valence-corrected chi connectivity index (χ1v) is 6.56. The molecule has 0 rings (SSSR count). The molecule has 0 radical (unpaired) electrons. The first-order chi connectivity index (χ1) is 8.93. The van der Waals surface area contributed by atoms with Crippen molar-refractivity contribution in [1.82, 2.24) is 0 Å². The average molecular weight is 339 g/mol. The third-order valence-electron chi connectivity index (χ3n) is 2.33. The summed E-state index contributed by atoms with van der Waals surface area (Å²) in [4.78, 5) is 21.8. The minimum absolute atomic E-state index is 0. The van der Waals surface area contributed by atoms with Gasteiger partial charge in [0.25, 0.3) is 0 Å². The Hall–Kier alpha value is -0.634. The molecule has 0 amide bonds. The van der Waals surface area contributed by atoms with E-state index in [9.17, 15) is 19.8 Å². The zero-order valence-corrected chi connectivity index (χ0v) is 15.8. The van der Waals surface area contributed by atoms with Crippen molar-refractivity contribution in [2.24, 2.45) is 11.8 Å². The summed E-state index contributed by atoms with van der Waals surface area (Å²) >= 11 is 8.59. The molecule has 0 aromatic rings. The van der Waals surface area contributed by atoms with E-state index in [0.29, 0.717) is 11.1 Å². The molecular formula is C14H18MgO4S2. The minimum atomic E-state index is -0.701. The smallest absolute Gasteiger partial charge is 0.867 e. The number of Topliss-reactive ketones (excluding diaryl/α,β-unsaturated/α-hetero) is 2. The van der Waals surface area contributed by atoms with Gasteiger partial charge in [-0.15, -0.1) is 24.4 Å². The van der Waals surface area contributed by atoms with E-state index in [-0.39, 0.29) is 34.6 Å². The Kier molecular flexibility index (Phi) is 14.4. The maximum Gasteiger partial charge on any atom is 2.00 e. The average Bonchev–Trinajstić information content (AvgIpc) is 2.35. The van der Waals surface area contributed by atoms with Crippen molar-refractivity contribution in [3.05, 3.63) is 24.3 Å². The number of hydrogen-bond donors (Lipinski definition) is 0. The second kappa shape index (κ2) is 12.0. The number of allylic oxidation sites excluding steroid dienone is 2. The van der Waals surface area contributed by atoms with E-state index >= 15 is 0 Å². The van der Waals surface area contributed by atoms with Crippen LogP contribution in [0.3, 0.4) is 0 Å². The van der Waals surface area contributed by atoms with E-state index in [1.807, 2.05) is 0 Å². The van der Waals surface area contributed by atoms with E-state index in [4.69, 9.17) is 0 Å². The molecule has 0 fully saturated rings. The second-order valence-corrected chi connectivity index (χ2v) is 5.18. The molecule has 2 unspecified atom stereocenters. The SMILES string of the molecule is C=C(C)C(=O)C(C)C([O-])=S.C=C(C)C(=O)C(C)C([O-])=S.[Mg+2]. The van der Waals surface area contributed by atoms with Crippen molar-refractivity contribution in [2.75, 3.05) is 0 Å². The fourth-order valence-electron chi connectivity index (χ4n) is 0.953. The minimum Gasteiger partial charge on any atom is -0.867 e. The van der Waals surface area contributed by atoms with Gasteiger partial charge in [0.1, 0.15) is 0 Å². The van der Waals surface area contributed by atoms with Gasteiger partial charge in [-0.3, -0.25) is 9.59 Å². The number of rotatable bonds is 6. The Labute approximate surface area is 152 Å². The molecule has 0 aromatic carbocycles. The van der Waals surface area contributed by atoms with Gasteiger partial charge in [-0.05, 0) is 25.0 Å². The Bertz CT molecular complexity index is 416. The van der Waals surface area contributed by atoms with Crippen molar-refractivity contribution in [1.29, 1.82) is 0 Å². The van der Waals surface area contributed by atoms with Crippen LogP contribution >= 0.6 is 24.4 Å². The number of hydrogen-bond acceptors (Lipinski definition) is 6. The summed E-state index contributed by atoms with van der Waals surface area (Å²) in [5.41, 5.74) is 0.761. The predicted octanol–water partition coefficient (Wildman–Crippen LogP) is 0.530. The van der Waals surface area contributed by atoms with Gasteiger partial charge in [0.15, 0.2) is 11.6 Å². The van der Waals surface area contributed by atoms with E-state index in [0.717, 1.165) is 0 Å². The Morgan fingerprint density at radius 1 is 0.857 bits per heavy atom. The number of carbonyl (C=O) groups excluding carboxylic acids is 2. The molecule has 0 bridgehead atoms. The normalized spacial score (nSPS) is 11.6. The molecule has 0 saturated carbocycles. The molecule has 0 aliphatic rings. The van der Waals surface area contributed by atoms with Gasteiger partial charge in [-0.25, -0.2) is 0 Å². The molecule has 21 heavy (non-hydrogen) atoms. The quantitative estimate of drug-likeness (QED) is 0.399. The summed E-state index contributed by atoms with van der Waals surface area (Å²) in [6.07, 6.45) is 0. The van der Waals surface area contributed by atoms with Gasteiger partial charge in [0, 0.05) is 11.8 Å². The van der Waals surface area contributed by atoms with Crippen LogP contribution in [-0.2, 0) is 9.59 Å². The zero-order valence-electron chi connectivity index (χ0n) is 12.7. The summed E-state index contributed by atoms with van der Waals surface area (Å²) in [5, 5.41) is 19.8. The molecule has 0 aromatic heterocycles. The molecule has 0 N–H and O–H groups in total. The van der Waals surface area contributed by atoms with Crippen LogP contribution < -0.4 is 10.2 Å². The number of ketones is 2. The molecule has 0 spiro atoms. The summed E-state index contributed by atoms with van der Waals surface area (Å²) in [6.45, 7) is 12.9. The monoisotopic (exact) mass is 338 g/mol. The van der Waals surface area contributed by atoms with Gasteiger partial charge < -0.3 is 10.2 Å². The van der Waals surface area contributed by atoms with Crippen molar-refractivity contribution in [3.8, 4) is 0 Å². The Morgan fingerprint density at radius 2 is 1.05 bits per heavy atom. The van der Waals surface area contributed by atoms with E-state index < -0.39 is 21.9 Å². The molecule has 0 aliphatic carbocycles. The van der Waals surface area contributed by atoms with Gasteiger partial charge in [0.2, 0.25) is 0 Å². The van der Waals surface area contributed by atoms with E-state index in [1.54, 1.807) is 13.8 Å². The number of thiocarbonyl (C=S) groups is 2. The van der Waals surface area contributed by atoms with Crippen molar-refractivity contribution >= 4 is 69.2 Å². The van der Waals surface area contributed by atoms with Crippen LogP contribution in [-0.4, -0.2) is 44.7 Å². The molecule has 2 atom stereocenters. The Morgan fingerprint density at radius 3 is 1.10 bits per heavy atom. The van der Waals surface area contributed by atoms with Gasteiger partial charge in [-0.2, -0.15) is 0 Å². The van der Waals surface area contributed by atoms with Crippen molar-refractivity contribution in [2.45, 2.75) is 27.7 Å². The van der Waals surface area contributed by atoms with Crippen LogP contribution in [0.4, 0.5) is 0 Å². The van der Waals surface area contributed by atoms with E-state index in [2.05, 4.69) is 37.6 Å². The molecule has 7 heteroatoms. The van der Waals surface area contributed by atoms with Crippen LogP contribution in [0.5, 0.6) is 0 Å². The molecule has 0 aliphatic heterocycles. The van der Waals surface area contributed by atoms with Gasteiger partial charge in [0.05, 0.1) is 0 Å². The van der Waals surface area contributed by atoms with E-state index in [1.165, 1.54) is 13.8 Å².